The molecular formula is C17H16IN3O2. The molecule has 118 valence electrons. The molecule has 0 bridgehead atoms. The summed E-state index contributed by atoms with van der Waals surface area (Å²) in [6.07, 6.45) is 0. The fourth-order valence-electron chi connectivity index (χ4n) is 2.09. The van der Waals surface area contributed by atoms with Crippen LogP contribution in [0.2, 0.25) is 0 Å². The number of benzene rings is 2. The Morgan fingerprint density at radius 2 is 1.83 bits per heavy atom. The number of para-hydroxylation sites is 1. The van der Waals surface area contributed by atoms with Gasteiger partial charge in [0.15, 0.2) is 0 Å². The molecule has 1 heterocycles. The molecule has 0 aliphatic carbocycles. The van der Waals surface area contributed by atoms with E-state index in [0.29, 0.717) is 18.3 Å². The van der Waals surface area contributed by atoms with Crippen LogP contribution in [0.25, 0.3) is 22.8 Å². The lowest BCUT2D eigenvalue weighted by molar-refractivity contribution is 0.299. The number of halogens is 1. The maximum Gasteiger partial charge on any atom is 0.262 e. The van der Waals surface area contributed by atoms with Crippen LogP contribution in [0, 0.1) is 0 Å². The van der Waals surface area contributed by atoms with E-state index in [2.05, 4.69) is 33.0 Å². The van der Waals surface area contributed by atoms with Crippen molar-refractivity contribution < 1.29 is 9.26 Å². The van der Waals surface area contributed by atoms with Gasteiger partial charge in [-0.2, -0.15) is 4.98 Å². The van der Waals surface area contributed by atoms with E-state index in [9.17, 15) is 0 Å². The molecule has 3 rings (SSSR count). The second-order valence-corrected chi connectivity index (χ2v) is 6.61. The second kappa shape index (κ2) is 7.56. The Hall–Kier alpha value is -1.93. The lowest BCUT2D eigenvalue weighted by Gasteiger charge is -2.11. The van der Waals surface area contributed by atoms with Crippen LogP contribution >= 0.6 is 22.9 Å². The average Bonchev–Trinajstić information content (AvgIpc) is 3.06. The van der Waals surface area contributed by atoms with Crippen molar-refractivity contribution >= 4 is 22.9 Å². The maximum absolute atomic E-state index is 5.84. The molecule has 0 atom stereocenters. The van der Waals surface area contributed by atoms with Crippen LogP contribution in [-0.2, 0) is 0 Å². The lowest BCUT2D eigenvalue weighted by Crippen LogP contribution is -2.14. The standard InChI is InChI=1S/C17H16IN3O2/c1-21(18)11-12-22-15-10-6-5-9-14(15)17-19-16(20-23-17)13-7-3-2-4-8-13/h2-10H,11-12H2,1H3. The van der Waals surface area contributed by atoms with Crippen molar-refractivity contribution in [2.75, 3.05) is 20.2 Å². The van der Waals surface area contributed by atoms with E-state index in [-0.39, 0.29) is 0 Å². The number of nitrogens with zero attached hydrogens (tertiary/aromatic N) is 3. The topological polar surface area (TPSA) is 51.4 Å². The van der Waals surface area contributed by atoms with Gasteiger partial charge in [-0.3, -0.25) is 0 Å². The number of likely N-dealkylation sites (N-methyl/N-ethyl adjacent to an activating group) is 1. The van der Waals surface area contributed by atoms with Crippen LogP contribution in [0.1, 0.15) is 0 Å². The van der Waals surface area contributed by atoms with Crippen molar-refractivity contribution in [3.8, 4) is 28.6 Å². The summed E-state index contributed by atoms with van der Waals surface area (Å²) < 4.78 is 13.3. The van der Waals surface area contributed by atoms with Crippen LogP contribution in [-0.4, -0.2) is 33.5 Å². The summed E-state index contributed by atoms with van der Waals surface area (Å²) in [5, 5.41) is 4.06. The first-order valence-electron chi connectivity index (χ1n) is 7.22. The molecule has 0 fully saturated rings. The van der Waals surface area contributed by atoms with E-state index in [0.717, 1.165) is 23.4 Å². The largest absolute Gasteiger partial charge is 0.491 e. The third kappa shape index (κ3) is 4.08. The first-order chi connectivity index (χ1) is 11.2. The van der Waals surface area contributed by atoms with E-state index in [1.54, 1.807) is 0 Å². The molecule has 0 unspecified atom stereocenters. The van der Waals surface area contributed by atoms with Gasteiger partial charge in [0.1, 0.15) is 12.4 Å². The fourth-order valence-corrected chi connectivity index (χ4v) is 2.28. The zero-order chi connectivity index (χ0) is 16.1. The summed E-state index contributed by atoms with van der Waals surface area (Å²) in [5.41, 5.74) is 1.73. The van der Waals surface area contributed by atoms with Crippen LogP contribution < -0.4 is 4.74 Å². The van der Waals surface area contributed by atoms with E-state index in [4.69, 9.17) is 9.26 Å². The first kappa shape index (κ1) is 15.9. The highest BCUT2D eigenvalue weighted by molar-refractivity contribution is 14.1. The summed E-state index contributed by atoms with van der Waals surface area (Å²) in [7, 11) is 2.00. The molecule has 5 nitrogen and oxygen atoms in total. The third-order valence-corrected chi connectivity index (χ3v) is 3.71. The zero-order valence-electron chi connectivity index (χ0n) is 12.6. The quantitative estimate of drug-likeness (QED) is 0.444. The van der Waals surface area contributed by atoms with Crippen molar-refractivity contribution in [1.82, 2.24) is 13.3 Å². The van der Waals surface area contributed by atoms with Gasteiger partial charge in [-0.1, -0.05) is 47.6 Å². The van der Waals surface area contributed by atoms with Crippen molar-refractivity contribution in [1.29, 1.82) is 0 Å². The van der Waals surface area contributed by atoms with Crippen LogP contribution in [0.5, 0.6) is 5.75 Å². The predicted molar refractivity (Wildman–Crippen MR) is 97.3 cm³/mol. The van der Waals surface area contributed by atoms with Crippen molar-refractivity contribution in [3.05, 3.63) is 54.6 Å². The Bertz CT molecular complexity index is 759. The number of ether oxygens (including phenoxy) is 1. The van der Waals surface area contributed by atoms with E-state index in [1.165, 1.54) is 0 Å². The van der Waals surface area contributed by atoms with Gasteiger partial charge < -0.3 is 9.26 Å². The zero-order valence-corrected chi connectivity index (χ0v) is 14.8. The first-order valence-corrected chi connectivity index (χ1v) is 8.19. The molecule has 2 aromatic carbocycles. The Morgan fingerprint density at radius 3 is 2.61 bits per heavy atom. The van der Waals surface area contributed by atoms with E-state index < -0.39 is 0 Å². The monoisotopic (exact) mass is 421 g/mol. The third-order valence-electron chi connectivity index (χ3n) is 3.23. The summed E-state index contributed by atoms with van der Waals surface area (Å²) in [6.45, 7) is 1.42. The molecule has 0 aliphatic heterocycles. The molecule has 0 aliphatic rings. The van der Waals surface area contributed by atoms with E-state index >= 15 is 0 Å². The molecule has 0 saturated carbocycles. The molecule has 0 saturated heterocycles. The van der Waals surface area contributed by atoms with Crippen LogP contribution in [0.3, 0.4) is 0 Å². The van der Waals surface area contributed by atoms with Crippen molar-refractivity contribution in [2.45, 2.75) is 0 Å². The summed E-state index contributed by atoms with van der Waals surface area (Å²) in [5.74, 6) is 1.78. The lowest BCUT2D eigenvalue weighted by atomic mass is 10.2. The minimum absolute atomic E-state index is 0.460. The van der Waals surface area contributed by atoms with Gasteiger partial charge in [0, 0.05) is 35.0 Å². The molecule has 0 spiro atoms. The van der Waals surface area contributed by atoms with Gasteiger partial charge in [0.25, 0.3) is 5.89 Å². The van der Waals surface area contributed by atoms with Crippen LogP contribution in [0.4, 0.5) is 0 Å². The molecule has 6 heteroatoms. The van der Waals surface area contributed by atoms with Crippen LogP contribution in [0.15, 0.2) is 59.1 Å². The predicted octanol–water partition coefficient (Wildman–Crippen LogP) is 4.06. The molecule has 0 amide bonds. The van der Waals surface area contributed by atoms with Crippen molar-refractivity contribution in [3.63, 3.8) is 0 Å². The minimum Gasteiger partial charge on any atom is -0.491 e. The second-order valence-electron chi connectivity index (χ2n) is 4.96. The molecule has 23 heavy (non-hydrogen) atoms. The van der Waals surface area contributed by atoms with Gasteiger partial charge in [0.2, 0.25) is 5.82 Å². The van der Waals surface area contributed by atoms with Gasteiger partial charge in [0.05, 0.1) is 5.56 Å². The fraction of sp³-hybridized carbons (Fsp3) is 0.176. The molecule has 1 aromatic heterocycles. The van der Waals surface area contributed by atoms with Gasteiger partial charge in [-0.15, -0.1) is 0 Å². The van der Waals surface area contributed by atoms with Crippen molar-refractivity contribution in [2.24, 2.45) is 0 Å². The average molecular weight is 421 g/mol. The highest BCUT2D eigenvalue weighted by atomic mass is 127. The SMILES string of the molecule is CN(I)CCOc1ccccc1-c1nc(-c2ccccc2)no1. The molecular weight excluding hydrogens is 405 g/mol. The molecule has 0 radical (unpaired) electrons. The Morgan fingerprint density at radius 1 is 1.09 bits per heavy atom. The number of hydrogen-bond acceptors (Lipinski definition) is 5. The summed E-state index contributed by atoms with van der Waals surface area (Å²) >= 11 is 2.23. The highest BCUT2D eigenvalue weighted by Gasteiger charge is 2.14. The van der Waals surface area contributed by atoms with E-state index in [1.807, 2.05) is 64.8 Å². The van der Waals surface area contributed by atoms with Gasteiger partial charge in [-0.25, -0.2) is 3.11 Å². The summed E-state index contributed by atoms with van der Waals surface area (Å²) in [4.78, 5) is 4.48. The van der Waals surface area contributed by atoms with Gasteiger partial charge in [-0.05, 0) is 19.2 Å². The smallest absolute Gasteiger partial charge is 0.262 e. The Kier molecular flexibility index (Phi) is 5.24. The number of hydrogen-bond donors (Lipinski definition) is 0. The Balaban J connectivity index is 1.83. The Labute approximate surface area is 148 Å². The maximum atomic E-state index is 5.84. The highest BCUT2D eigenvalue weighted by Crippen LogP contribution is 2.30. The number of aromatic nitrogens is 2. The molecule has 0 N–H and O–H groups in total. The minimum atomic E-state index is 0.460. The number of rotatable bonds is 6. The van der Waals surface area contributed by atoms with Gasteiger partial charge >= 0.3 is 0 Å². The normalized spacial score (nSPS) is 10.9. The summed E-state index contributed by atoms with van der Waals surface area (Å²) in [6, 6.07) is 17.4. The molecule has 3 aromatic rings.